The third-order valence-corrected chi connectivity index (χ3v) is 3.72. The second-order valence-electron chi connectivity index (χ2n) is 6.62. The van der Waals surface area contributed by atoms with E-state index < -0.39 is 31.0 Å². The Morgan fingerprint density at radius 2 is 1.68 bits per heavy atom. The minimum Gasteiger partial charge on any atom is -0.493 e. The van der Waals surface area contributed by atoms with E-state index in [4.69, 9.17) is 19.7 Å². The Morgan fingerprint density at radius 1 is 1.07 bits per heavy atom. The summed E-state index contributed by atoms with van der Waals surface area (Å²) < 4.78 is 10.9. The molecule has 1 aromatic carbocycles. The summed E-state index contributed by atoms with van der Waals surface area (Å²) in [6.07, 6.45) is 0.472. The summed E-state index contributed by atoms with van der Waals surface area (Å²) in [6, 6.07) is 3.78. The minimum atomic E-state index is -1.10. The van der Waals surface area contributed by atoms with Crippen molar-refractivity contribution in [3.8, 4) is 5.75 Å². The number of hydrogen-bond acceptors (Lipinski definition) is 6. The highest BCUT2D eigenvalue weighted by atomic mass is 16.5. The normalized spacial score (nSPS) is 10.6. The van der Waals surface area contributed by atoms with Gasteiger partial charge in [0, 0.05) is 24.1 Å². The predicted molar refractivity (Wildman–Crippen MR) is 102 cm³/mol. The summed E-state index contributed by atoms with van der Waals surface area (Å²) in [5, 5.41) is 18.0. The second kappa shape index (κ2) is 11.1. The molecule has 28 heavy (non-hydrogen) atoms. The largest absolute Gasteiger partial charge is 0.493 e. The molecule has 0 bridgehead atoms. The molecule has 1 aromatic rings. The van der Waals surface area contributed by atoms with Crippen LogP contribution in [0.5, 0.6) is 5.75 Å². The van der Waals surface area contributed by atoms with Crippen LogP contribution in [0.4, 0.5) is 0 Å². The Labute approximate surface area is 164 Å². The number of carbonyl (C=O) groups is 3. The molecule has 0 saturated carbocycles. The van der Waals surface area contributed by atoms with Crippen molar-refractivity contribution < 1.29 is 34.1 Å². The molecule has 0 fully saturated rings. The maximum absolute atomic E-state index is 11.4. The first-order valence-electron chi connectivity index (χ1n) is 8.81. The lowest BCUT2D eigenvalue weighted by atomic mass is 10.0. The van der Waals surface area contributed by atoms with E-state index in [0.29, 0.717) is 23.3 Å². The Kier molecular flexibility index (Phi) is 9.17. The van der Waals surface area contributed by atoms with Gasteiger partial charge in [-0.25, -0.2) is 4.79 Å². The molecule has 0 radical (unpaired) electrons. The molecule has 0 aliphatic rings. The molecule has 8 heteroatoms. The topological polar surface area (TPSA) is 113 Å². The highest BCUT2D eigenvalue weighted by Crippen LogP contribution is 2.27. The molecular formula is C20H27NO7. The van der Waals surface area contributed by atoms with Gasteiger partial charge in [-0.2, -0.15) is 0 Å². The van der Waals surface area contributed by atoms with Gasteiger partial charge < -0.3 is 19.7 Å². The number of aliphatic carboxylic acids is 2. The predicted octanol–water partition coefficient (Wildman–Crippen LogP) is 2.16. The summed E-state index contributed by atoms with van der Waals surface area (Å²) in [6.45, 7) is 8.66. The maximum Gasteiger partial charge on any atom is 0.333 e. The first-order valence-corrected chi connectivity index (χ1v) is 8.81. The van der Waals surface area contributed by atoms with Crippen LogP contribution in [-0.4, -0.2) is 59.3 Å². The van der Waals surface area contributed by atoms with Crippen molar-refractivity contribution in [3.05, 3.63) is 41.0 Å². The van der Waals surface area contributed by atoms with Crippen LogP contribution in [0, 0.1) is 13.8 Å². The molecular weight excluding hydrogens is 366 g/mol. The van der Waals surface area contributed by atoms with E-state index in [2.05, 4.69) is 6.58 Å². The Morgan fingerprint density at radius 3 is 2.21 bits per heavy atom. The van der Waals surface area contributed by atoms with Crippen LogP contribution >= 0.6 is 0 Å². The van der Waals surface area contributed by atoms with Crippen LogP contribution in [0.3, 0.4) is 0 Å². The van der Waals surface area contributed by atoms with Crippen molar-refractivity contribution >= 4 is 17.9 Å². The van der Waals surface area contributed by atoms with Gasteiger partial charge in [-0.1, -0.05) is 24.3 Å². The standard InChI is InChI=1S/C20H27NO7/c1-13(2)20(26)28-7-5-6-27-19-15(4)8-14(3)9-16(19)10-21(11-17(22)23)12-18(24)25/h8-9H,1,5-7,10-12H2,2-4H3,(H,22,23)(H,24,25). The number of aryl methyl sites for hydroxylation is 2. The summed E-state index contributed by atoms with van der Waals surface area (Å²) in [4.78, 5) is 34.7. The zero-order valence-corrected chi connectivity index (χ0v) is 16.5. The zero-order valence-electron chi connectivity index (χ0n) is 16.5. The van der Waals surface area contributed by atoms with Gasteiger partial charge in [-0.05, 0) is 26.3 Å². The number of rotatable bonds is 12. The van der Waals surface area contributed by atoms with Crippen molar-refractivity contribution in [1.82, 2.24) is 4.90 Å². The number of esters is 1. The van der Waals surface area contributed by atoms with Crippen LogP contribution < -0.4 is 4.74 Å². The third kappa shape index (κ3) is 8.22. The Hall–Kier alpha value is -2.87. The third-order valence-electron chi connectivity index (χ3n) is 3.72. The summed E-state index contributed by atoms with van der Waals surface area (Å²) >= 11 is 0. The second-order valence-corrected chi connectivity index (χ2v) is 6.62. The molecule has 0 aromatic heterocycles. The van der Waals surface area contributed by atoms with Crippen molar-refractivity contribution in [3.63, 3.8) is 0 Å². The molecule has 154 valence electrons. The molecule has 0 atom stereocenters. The monoisotopic (exact) mass is 393 g/mol. The molecule has 0 saturated heterocycles. The maximum atomic E-state index is 11.4. The molecule has 0 aliphatic heterocycles. The molecule has 0 spiro atoms. The van der Waals surface area contributed by atoms with Gasteiger partial charge in [-0.3, -0.25) is 14.5 Å². The van der Waals surface area contributed by atoms with E-state index in [1.807, 2.05) is 26.0 Å². The molecule has 0 heterocycles. The molecule has 0 aliphatic carbocycles. The van der Waals surface area contributed by atoms with Crippen LogP contribution in [0.1, 0.15) is 30.0 Å². The van der Waals surface area contributed by atoms with Crippen molar-refractivity contribution in [2.24, 2.45) is 0 Å². The first-order chi connectivity index (χ1) is 13.1. The summed E-state index contributed by atoms with van der Waals surface area (Å²) in [5.41, 5.74) is 2.86. The number of nitrogens with zero attached hydrogens (tertiary/aromatic N) is 1. The quantitative estimate of drug-likeness (QED) is 0.316. The molecule has 0 unspecified atom stereocenters. The van der Waals surface area contributed by atoms with Gasteiger partial charge in [0.2, 0.25) is 0 Å². The van der Waals surface area contributed by atoms with Crippen molar-refractivity contribution in [1.29, 1.82) is 0 Å². The van der Waals surface area contributed by atoms with Gasteiger partial charge in [0.15, 0.2) is 0 Å². The van der Waals surface area contributed by atoms with Gasteiger partial charge in [0.25, 0.3) is 0 Å². The van der Waals surface area contributed by atoms with Crippen LogP contribution in [0.25, 0.3) is 0 Å². The molecule has 8 nitrogen and oxygen atoms in total. The van der Waals surface area contributed by atoms with E-state index in [0.717, 1.165) is 11.1 Å². The lowest BCUT2D eigenvalue weighted by molar-refractivity contribution is -0.142. The number of carboxylic acids is 2. The fraction of sp³-hybridized carbons (Fsp3) is 0.450. The summed E-state index contributed by atoms with van der Waals surface area (Å²) in [5.74, 6) is -2.08. The van der Waals surface area contributed by atoms with E-state index in [1.54, 1.807) is 6.92 Å². The van der Waals surface area contributed by atoms with Crippen LogP contribution in [-0.2, 0) is 25.7 Å². The Balaban J connectivity index is 2.82. The Bertz CT molecular complexity index is 726. The highest BCUT2D eigenvalue weighted by Gasteiger charge is 2.18. The minimum absolute atomic E-state index is 0.126. The number of benzene rings is 1. The van der Waals surface area contributed by atoms with Crippen molar-refractivity contribution in [2.75, 3.05) is 26.3 Å². The fourth-order valence-corrected chi connectivity index (χ4v) is 2.68. The lowest BCUT2D eigenvalue weighted by Gasteiger charge is -2.22. The van der Waals surface area contributed by atoms with Crippen LogP contribution in [0.2, 0.25) is 0 Å². The molecule has 2 N–H and O–H groups in total. The zero-order chi connectivity index (χ0) is 21.3. The number of hydrogen-bond donors (Lipinski definition) is 2. The SMILES string of the molecule is C=C(C)C(=O)OCCCOc1c(C)cc(C)cc1CN(CC(=O)O)CC(=O)O. The number of carbonyl (C=O) groups excluding carboxylic acids is 1. The molecule has 0 amide bonds. The van der Waals surface area contributed by atoms with Gasteiger partial charge in [-0.15, -0.1) is 0 Å². The average molecular weight is 393 g/mol. The van der Waals surface area contributed by atoms with E-state index in [9.17, 15) is 14.4 Å². The molecule has 1 rings (SSSR count). The lowest BCUT2D eigenvalue weighted by Crippen LogP contribution is -2.34. The summed E-state index contributed by atoms with van der Waals surface area (Å²) in [7, 11) is 0. The van der Waals surface area contributed by atoms with E-state index in [1.165, 1.54) is 4.90 Å². The fourth-order valence-electron chi connectivity index (χ4n) is 2.68. The van der Waals surface area contributed by atoms with Gasteiger partial charge >= 0.3 is 17.9 Å². The van der Waals surface area contributed by atoms with Crippen molar-refractivity contribution in [2.45, 2.75) is 33.7 Å². The average Bonchev–Trinajstić information content (AvgIpc) is 2.54. The van der Waals surface area contributed by atoms with Gasteiger partial charge in [0.1, 0.15) is 5.75 Å². The van der Waals surface area contributed by atoms with Crippen LogP contribution in [0.15, 0.2) is 24.3 Å². The number of carboxylic acid groups (broad SMARTS) is 2. The van der Waals surface area contributed by atoms with E-state index >= 15 is 0 Å². The highest BCUT2D eigenvalue weighted by molar-refractivity contribution is 5.86. The smallest absolute Gasteiger partial charge is 0.333 e. The van der Waals surface area contributed by atoms with E-state index in [-0.39, 0.29) is 19.8 Å². The number of ether oxygens (including phenoxy) is 2. The first kappa shape index (κ1) is 23.2. The van der Waals surface area contributed by atoms with Gasteiger partial charge in [0.05, 0.1) is 26.3 Å².